The quantitative estimate of drug-likeness (QED) is 0.601. The summed E-state index contributed by atoms with van der Waals surface area (Å²) in [5.74, 6) is 2.28. The summed E-state index contributed by atoms with van der Waals surface area (Å²) >= 11 is 0. The first-order valence-electron chi connectivity index (χ1n) is 3.94. The summed E-state index contributed by atoms with van der Waals surface area (Å²) in [6.45, 7) is 2.07. The van der Waals surface area contributed by atoms with E-state index in [1.807, 2.05) is 0 Å². The Labute approximate surface area is 68.2 Å². The molecule has 0 heterocycles. The summed E-state index contributed by atoms with van der Waals surface area (Å²) in [4.78, 5) is 11.0. The molecular formula is C9H15NO. The van der Waals surface area contributed by atoms with Crippen LogP contribution in [0.25, 0.3) is 0 Å². The fraction of sp³-hybridized carbons (Fsp3) is 0.667. The van der Waals surface area contributed by atoms with E-state index in [-0.39, 0.29) is 18.2 Å². The molecule has 0 aromatic carbocycles. The van der Waals surface area contributed by atoms with Crippen LogP contribution in [0.15, 0.2) is 0 Å². The molecule has 0 saturated heterocycles. The van der Waals surface area contributed by atoms with Gasteiger partial charge in [0.25, 0.3) is 0 Å². The van der Waals surface area contributed by atoms with Crippen LogP contribution in [0, 0.1) is 12.3 Å². The number of hydrogen-bond donors (Lipinski definition) is 1. The zero-order valence-corrected chi connectivity index (χ0v) is 6.97. The van der Waals surface area contributed by atoms with Gasteiger partial charge in [0.2, 0.25) is 0 Å². The SMILES string of the molecule is C#CCC(=O)C(N)CCCC. The molecule has 2 nitrogen and oxygen atoms in total. The molecule has 0 aliphatic carbocycles. The van der Waals surface area contributed by atoms with Gasteiger partial charge in [-0.3, -0.25) is 4.79 Å². The Hall–Kier alpha value is -0.810. The number of unbranched alkanes of at least 4 members (excludes halogenated alkanes) is 1. The van der Waals surface area contributed by atoms with Gasteiger partial charge in [-0.25, -0.2) is 0 Å². The van der Waals surface area contributed by atoms with Crippen molar-refractivity contribution in [3.05, 3.63) is 0 Å². The lowest BCUT2D eigenvalue weighted by Crippen LogP contribution is -2.29. The van der Waals surface area contributed by atoms with Crippen molar-refractivity contribution in [2.24, 2.45) is 5.73 Å². The van der Waals surface area contributed by atoms with Crippen molar-refractivity contribution in [1.82, 2.24) is 0 Å². The third kappa shape index (κ3) is 4.58. The van der Waals surface area contributed by atoms with Crippen molar-refractivity contribution in [3.8, 4) is 12.3 Å². The summed E-state index contributed by atoms with van der Waals surface area (Å²) in [7, 11) is 0. The summed E-state index contributed by atoms with van der Waals surface area (Å²) in [6, 6.07) is -0.342. The van der Waals surface area contributed by atoms with Crippen LogP contribution in [0.3, 0.4) is 0 Å². The van der Waals surface area contributed by atoms with Gasteiger partial charge < -0.3 is 5.73 Å². The average molecular weight is 153 g/mol. The minimum Gasteiger partial charge on any atom is -0.321 e. The Morgan fingerprint density at radius 1 is 1.73 bits per heavy atom. The predicted molar refractivity (Wildman–Crippen MR) is 46.0 cm³/mol. The number of hydrogen-bond acceptors (Lipinski definition) is 2. The molecule has 0 spiro atoms. The highest BCUT2D eigenvalue weighted by Gasteiger charge is 2.10. The molecule has 0 fully saturated rings. The number of nitrogens with two attached hydrogens (primary N) is 1. The van der Waals surface area contributed by atoms with Crippen molar-refractivity contribution in [1.29, 1.82) is 0 Å². The van der Waals surface area contributed by atoms with Crippen LogP contribution in [0.5, 0.6) is 0 Å². The molecule has 0 radical (unpaired) electrons. The lowest BCUT2D eigenvalue weighted by Gasteiger charge is -2.06. The van der Waals surface area contributed by atoms with E-state index in [9.17, 15) is 4.79 Å². The molecular weight excluding hydrogens is 138 g/mol. The van der Waals surface area contributed by atoms with Crippen LogP contribution in [0.4, 0.5) is 0 Å². The lowest BCUT2D eigenvalue weighted by atomic mass is 10.1. The molecule has 1 atom stereocenters. The standard InChI is InChI=1S/C9H15NO/c1-3-5-7-8(10)9(11)6-4-2/h2,8H,3,5-7,10H2,1H3. The Morgan fingerprint density at radius 2 is 2.36 bits per heavy atom. The Bertz CT molecular complexity index is 157. The van der Waals surface area contributed by atoms with Gasteiger partial charge in [-0.15, -0.1) is 6.42 Å². The summed E-state index contributed by atoms with van der Waals surface area (Å²) in [6.07, 6.45) is 7.97. The van der Waals surface area contributed by atoms with Crippen LogP contribution in [-0.4, -0.2) is 11.8 Å². The van der Waals surface area contributed by atoms with E-state index in [1.165, 1.54) is 0 Å². The van der Waals surface area contributed by atoms with Gasteiger partial charge in [0.1, 0.15) is 0 Å². The second-order valence-corrected chi connectivity index (χ2v) is 2.60. The minimum absolute atomic E-state index is 0.0130. The third-order valence-corrected chi connectivity index (χ3v) is 1.56. The van der Waals surface area contributed by atoms with Gasteiger partial charge in [0.15, 0.2) is 5.78 Å². The van der Waals surface area contributed by atoms with Crippen molar-refractivity contribution in [2.75, 3.05) is 0 Å². The number of carbonyl (C=O) groups excluding carboxylic acids is 1. The van der Waals surface area contributed by atoms with Gasteiger partial charge in [0, 0.05) is 0 Å². The van der Waals surface area contributed by atoms with Gasteiger partial charge >= 0.3 is 0 Å². The maximum Gasteiger partial charge on any atom is 0.161 e. The molecule has 0 aromatic rings. The van der Waals surface area contributed by atoms with Crippen LogP contribution in [0.1, 0.15) is 32.6 Å². The summed E-state index contributed by atoms with van der Waals surface area (Å²) in [5, 5.41) is 0. The average Bonchev–Trinajstić information content (AvgIpc) is 2.00. The van der Waals surface area contributed by atoms with Gasteiger partial charge in [-0.2, -0.15) is 0 Å². The highest BCUT2D eigenvalue weighted by Crippen LogP contribution is 2.00. The Kier molecular flexibility index (Phi) is 5.50. The minimum atomic E-state index is -0.342. The van der Waals surface area contributed by atoms with Crippen LogP contribution in [0.2, 0.25) is 0 Å². The highest BCUT2D eigenvalue weighted by atomic mass is 16.1. The lowest BCUT2D eigenvalue weighted by molar-refractivity contribution is -0.119. The molecule has 0 aliphatic rings. The Morgan fingerprint density at radius 3 is 2.82 bits per heavy atom. The van der Waals surface area contributed by atoms with Crippen LogP contribution < -0.4 is 5.73 Å². The molecule has 1 unspecified atom stereocenters. The number of carbonyl (C=O) groups is 1. The fourth-order valence-electron chi connectivity index (χ4n) is 0.817. The maximum absolute atomic E-state index is 11.0. The molecule has 0 aliphatic heterocycles. The molecule has 11 heavy (non-hydrogen) atoms. The predicted octanol–water partition coefficient (Wildman–Crippen LogP) is 1.10. The maximum atomic E-state index is 11.0. The molecule has 2 N–H and O–H groups in total. The highest BCUT2D eigenvalue weighted by molar-refractivity contribution is 5.85. The van der Waals surface area contributed by atoms with E-state index >= 15 is 0 Å². The largest absolute Gasteiger partial charge is 0.321 e. The molecule has 2 heteroatoms. The molecule has 0 rings (SSSR count). The number of rotatable bonds is 5. The van der Waals surface area contributed by atoms with E-state index < -0.39 is 0 Å². The van der Waals surface area contributed by atoms with Gasteiger partial charge in [0.05, 0.1) is 12.5 Å². The number of terminal acetylenes is 1. The number of Topliss-reactive ketones (excluding diaryl/α,β-unsaturated/α-hetero) is 1. The van der Waals surface area contributed by atoms with E-state index in [0.29, 0.717) is 0 Å². The van der Waals surface area contributed by atoms with Crippen molar-refractivity contribution in [2.45, 2.75) is 38.6 Å². The van der Waals surface area contributed by atoms with Crippen molar-refractivity contribution < 1.29 is 4.79 Å². The third-order valence-electron chi connectivity index (χ3n) is 1.56. The van der Waals surface area contributed by atoms with Gasteiger partial charge in [-0.1, -0.05) is 25.7 Å². The topological polar surface area (TPSA) is 43.1 Å². The van der Waals surface area contributed by atoms with Crippen LogP contribution >= 0.6 is 0 Å². The molecule has 0 saturated carbocycles. The van der Waals surface area contributed by atoms with E-state index in [0.717, 1.165) is 19.3 Å². The van der Waals surface area contributed by atoms with Crippen molar-refractivity contribution in [3.63, 3.8) is 0 Å². The number of ketones is 1. The normalized spacial score (nSPS) is 12.1. The first-order valence-corrected chi connectivity index (χ1v) is 3.94. The molecule has 0 bridgehead atoms. The van der Waals surface area contributed by atoms with Crippen LogP contribution in [-0.2, 0) is 4.79 Å². The van der Waals surface area contributed by atoms with E-state index in [4.69, 9.17) is 12.2 Å². The van der Waals surface area contributed by atoms with E-state index in [2.05, 4.69) is 12.8 Å². The first-order chi connectivity index (χ1) is 5.22. The fourth-order valence-corrected chi connectivity index (χ4v) is 0.817. The Balaban J connectivity index is 3.57. The second-order valence-electron chi connectivity index (χ2n) is 2.60. The molecule has 62 valence electrons. The van der Waals surface area contributed by atoms with Crippen molar-refractivity contribution >= 4 is 5.78 Å². The monoisotopic (exact) mass is 153 g/mol. The molecule has 0 aromatic heterocycles. The summed E-state index contributed by atoms with van der Waals surface area (Å²) in [5.41, 5.74) is 5.54. The second kappa shape index (κ2) is 5.94. The summed E-state index contributed by atoms with van der Waals surface area (Å²) < 4.78 is 0. The molecule has 0 amide bonds. The zero-order valence-electron chi connectivity index (χ0n) is 6.97. The smallest absolute Gasteiger partial charge is 0.161 e. The first kappa shape index (κ1) is 10.2. The zero-order chi connectivity index (χ0) is 8.69. The van der Waals surface area contributed by atoms with Gasteiger partial charge in [-0.05, 0) is 6.42 Å². The van der Waals surface area contributed by atoms with E-state index in [1.54, 1.807) is 0 Å².